The van der Waals surface area contributed by atoms with E-state index < -0.39 is 0 Å². The number of anilines is 2. The zero-order valence-electron chi connectivity index (χ0n) is 18.2. The van der Waals surface area contributed by atoms with E-state index in [4.69, 9.17) is 4.74 Å². The topological polar surface area (TPSA) is 61.9 Å². The van der Waals surface area contributed by atoms with Gasteiger partial charge in [-0.1, -0.05) is 48.5 Å². The molecular weight excluding hydrogens is 402 g/mol. The van der Waals surface area contributed by atoms with Gasteiger partial charge in [-0.25, -0.2) is 0 Å². The van der Waals surface area contributed by atoms with E-state index in [0.717, 1.165) is 24.3 Å². The number of carbonyl (C=O) groups is 2. The number of rotatable bonds is 6. The quantitative estimate of drug-likeness (QED) is 0.642. The summed E-state index contributed by atoms with van der Waals surface area (Å²) >= 11 is 0. The van der Waals surface area contributed by atoms with Crippen LogP contribution in [0.5, 0.6) is 0 Å². The highest BCUT2D eigenvalue weighted by atomic mass is 16.5. The number of nitrogens with one attached hydrogen (secondary N) is 1. The summed E-state index contributed by atoms with van der Waals surface area (Å²) in [5.74, 6) is -0.392. The SMILES string of the molecule is CN(Cc1ccccc1N1CCOCC1)C(=O)c1ccccc1NC(=O)c1ccccc1. The van der Waals surface area contributed by atoms with Crippen molar-refractivity contribution in [1.29, 1.82) is 0 Å². The van der Waals surface area contributed by atoms with Crippen molar-refractivity contribution in [2.24, 2.45) is 0 Å². The molecule has 1 heterocycles. The zero-order chi connectivity index (χ0) is 22.3. The summed E-state index contributed by atoms with van der Waals surface area (Å²) in [5, 5.41) is 2.88. The zero-order valence-corrected chi connectivity index (χ0v) is 18.2. The van der Waals surface area contributed by atoms with E-state index in [1.165, 1.54) is 0 Å². The molecule has 3 aromatic carbocycles. The molecule has 3 aromatic rings. The number of para-hydroxylation sites is 2. The third-order valence-corrected chi connectivity index (χ3v) is 5.54. The van der Waals surface area contributed by atoms with E-state index >= 15 is 0 Å². The molecule has 6 heteroatoms. The van der Waals surface area contributed by atoms with Crippen LogP contribution >= 0.6 is 0 Å². The average Bonchev–Trinajstić information content (AvgIpc) is 2.85. The monoisotopic (exact) mass is 429 g/mol. The third kappa shape index (κ3) is 4.98. The van der Waals surface area contributed by atoms with Gasteiger partial charge < -0.3 is 19.9 Å². The highest BCUT2D eigenvalue weighted by molar-refractivity contribution is 6.08. The first-order valence-corrected chi connectivity index (χ1v) is 10.7. The predicted octanol–water partition coefficient (Wildman–Crippen LogP) is 4.05. The predicted molar refractivity (Wildman–Crippen MR) is 126 cm³/mol. The molecule has 0 aliphatic carbocycles. The normalized spacial score (nSPS) is 13.5. The van der Waals surface area contributed by atoms with Crippen molar-refractivity contribution < 1.29 is 14.3 Å². The van der Waals surface area contributed by atoms with Gasteiger partial charge in [-0.3, -0.25) is 9.59 Å². The van der Waals surface area contributed by atoms with E-state index in [2.05, 4.69) is 22.3 Å². The number of carbonyl (C=O) groups excluding carboxylic acids is 2. The lowest BCUT2D eigenvalue weighted by Crippen LogP contribution is -2.37. The number of amides is 2. The molecule has 0 radical (unpaired) electrons. The van der Waals surface area contributed by atoms with E-state index in [-0.39, 0.29) is 11.8 Å². The van der Waals surface area contributed by atoms with Crippen molar-refractivity contribution in [3.8, 4) is 0 Å². The molecule has 1 aliphatic heterocycles. The molecule has 164 valence electrons. The molecule has 1 N–H and O–H groups in total. The fourth-order valence-corrected chi connectivity index (χ4v) is 3.85. The van der Waals surface area contributed by atoms with Gasteiger partial charge in [0.05, 0.1) is 24.5 Å². The Kier molecular flexibility index (Phi) is 6.82. The maximum atomic E-state index is 13.3. The molecule has 2 amide bonds. The molecule has 1 fully saturated rings. The lowest BCUT2D eigenvalue weighted by molar-refractivity contribution is 0.0786. The van der Waals surface area contributed by atoms with E-state index in [9.17, 15) is 9.59 Å². The van der Waals surface area contributed by atoms with Gasteiger partial charge in [0, 0.05) is 37.9 Å². The maximum Gasteiger partial charge on any atom is 0.256 e. The van der Waals surface area contributed by atoms with Gasteiger partial charge in [0.15, 0.2) is 0 Å². The molecule has 1 aliphatic rings. The van der Waals surface area contributed by atoms with Gasteiger partial charge in [0.2, 0.25) is 0 Å². The largest absolute Gasteiger partial charge is 0.378 e. The van der Waals surface area contributed by atoms with Crippen molar-refractivity contribution in [2.75, 3.05) is 43.6 Å². The smallest absolute Gasteiger partial charge is 0.256 e. The van der Waals surface area contributed by atoms with Crippen LogP contribution in [0.3, 0.4) is 0 Å². The van der Waals surface area contributed by atoms with Gasteiger partial charge in [-0.15, -0.1) is 0 Å². The highest BCUT2D eigenvalue weighted by Gasteiger charge is 2.20. The van der Waals surface area contributed by atoms with Crippen LogP contribution in [-0.4, -0.2) is 50.1 Å². The van der Waals surface area contributed by atoms with Crippen LogP contribution in [0.15, 0.2) is 78.9 Å². The van der Waals surface area contributed by atoms with Crippen LogP contribution in [0, 0.1) is 0 Å². The standard InChI is InChI=1S/C26H27N3O3/c1-28(19-21-11-5-8-14-24(21)29-15-17-32-18-16-29)26(31)22-12-6-7-13-23(22)27-25(30)20-9-3-2-4-10-20/h2-14H,15-19H2,1H3,(H,27,30). The number of ether oxygens (including phenoxy) is 1. The summed E-state index contributed by atoms with van der Waals surface area (Å²) in [6.07, 6.45) is 0. The van der Waals surface area contributed by atoms with Crippen LogP contribution in [-0.2, 0) is 11.3 Å². The lowest BCUT2D eigenvalue weighted by Gasteiger charge is -2.31. The molecule has 0 spiro atoms. The van der Waals surface area contributed by atoms with Gasteiger partial charge in [-0.05, 0) is 35.9 Å². The summed E-state index contributed by atoms with van der Waals surface area (Å²) in [4.78, 5) is 29.9. The molecule has 0 bridgehead atoms. The van der Waals surface area contributed by atoms with Crippen LogP contribution in [0.1, 0.15) is 26.3 Å². The highest BCUT2D eigenvalue weighted by Crippen LogP contribution is 2.24. The Labute approximate surface area is 188 Å². The molecule has 4 rings (SSSR count). The Balaban J connectivity index is 1.51. The minimum absolute atomic E-state index is 0.147. The Morgan fingerprint density at radius 1 is 0.906 bits per heavy atom. The number of hydrogen-bond acceptors (Lipinski definition) is 4. The summed E-state index contributed by atoms with van der Waals surface area (Å²) < 4.78 is 5.47. The van der Waals surface area contributed by atoms with Crippen molar-refractivity contribution in [1.82, 2.24) is 4.90 Å². The summed E-state index contributed by atoms with van der Waals surface area (Å²) in [6.45, 7) is 3.55. The second-order valence-electron chi connectivity index (χ2n) is 7.76. The molecule has 6 nitrogen and oxygen atoms in total. The second-order valence-corrected chi connectivity index (χ2v) is 7.76. The van der Waals surface area contributed by atoms with E-state index in [1.807, 2.05) is 36.4 Å². The Morgan fingerprint density at radius 3 is 2.34 bits per heavy atom. The lowest BCUT2D eigenvalue weighted by atomic mass is 10.1. The number of nitrogens with zero attached hydrogens (tertiary/aromatic N) is 2. The Hall–Kier alpha value is -3.64. The van der Waals surface area contributed by atoms with E-state index in [0.29, 0.717) is 36.6 Å². The number of morpholine rings is 1. The second kappa shape index (κ2) is 10.1. The number of hydrogen-bond donors (Lipinski definition) is 1. The summed E-state index contributed by atoms with van der Waals surface area (Å²) in [7, 11) is 1.79. The first-order valence-electron chi connectivity index (χ1n) is 10.7. The maximum absolute atomic E-state index is 13.3. The Morgan fingerprint density at radius 2 is 1.56 bits per heavy atom. The fraction of sp³-hybridized carbons (Fsp3) is 0.231. The molecule has 0 unspecified atom stereocenters. The molecule has 0 saturated carbocycles. The minimum Gasteiger partial charge on any atom is -0.378 e. The van der Waals surface area contributed by atoms with Crippen molar-refractivity contribution >= 4 is 23.2 Å². The average molecular weight is 430 g/mol. The number of benzene rings is 3. The van der Waals surface area contributed by atoms with Gasteiger partial charge in [-0.2, -0.15) is 0 Å². The Bertz CT molecular complexity index is 1080. The first-order chi connectivity index (χ1) is 15.6. The molecule has 1 saturated heterocycles. The fourth-order valence-electron chi connectivity index (χ4n) is 3.85. The van der Waals surface area contributed by atoms with Gasteiger partial charge in [0.1, 0.15) is 0 Å². The van der Waals surface area contributed by atoms with Gasteiger partial charge in [0.25, 0.3) is 11.8 Å². The van der Waals surface area contributed by atoms with Crippen molar-refractivity contribution in [2.45, 2.75) is 6.54 Å². The van der Waals surface area contributed by atoms with Crippen LogP contribution in [0.2, 0.25) is 0 Å². The minimum atomic E-state index is -0.244. The van der Waals surface area contributed by atoms with Crippen molar-refractivity contribution in [3.63, 3.8) is 0 Å². The molecular formula is C26H27N3O3. The molecule has 0 aromatic heterocycles. The van der Waals surface area contributed by atoms with Crippen LogP contribution in [0.4, 0.5) is 11.4 Å². The summed E-state index contributed by atoms with van der Waals surface area (Å²) in [6, 6.07) is 24.2. The third-order valence-electron chi connectivity index (χ3n) is 5.54. The van der Waals surface area contributed by atoms with Crippen LogP contribution in [0.25, 0.3) is 0 Å². The summed E-state index contributed by atoms with van der Waals surface area (Å²) in [5.41, 5.74) is 3.71. The molecule has 32 heavy (non-hydrogen) atoms. The van der Waals surface area contributed by atoms with E-state index in [1.54, 1.807) is 42.3 Å². The van der Waals surface area contributed by atoms with Crippen molar-refractivity contribution in [3.05, 3.63) is 95.6 Å². The first kappa shape index (κ1) is 21.6. The van der Waals surface area contributed by atoms with Gasteiger partial charge >= 0.3 is 0 Å². The molecule has 0 atom stereocenters. The van der Waals surface area contributed by atoms with Crippen LogP contribution < -0.4 is 10.2 Å².